The summed E-state index contributed by atoms with van der Waals surface area (Å²) in [5.41, 5.74) is 0. The monoisotopic (exact) mass is 200 g/mol. The number of Topliss-reactive ketones (excluding diaryl/α,β-unsaturated/α-hetero) is 1. The number of hydrogen-bond acceptors (Lipinski definition) is 4. The van der Waals surface area contributed by atoms with Crippen molar-refractivity contribution >= 4 is 5.78 Å². The van der Waals surface area contributed by atoms with Gasteiger partial charge in [0, 0.05) is 5.92 Å². The molecular weight excluding hydrogens is 184 g/mol. The van der Waals surface area contributed by atoms with Gasteiger partial charge in [-0.2, -0.15) is 0 Å². The molecule has 80 valence electrons. The highest BCUT2D eigenvalue weighted by Crippen LogP contribution is 2.40. The maximum atomic E-state index is 11.2. The Kier molecular flexibility index (Phi) is 2.17. The number of fused-ring (bicyclic) bond motifs is 1. The Hall–Kier alpha value is -0.450. The molecule has 0 spiro atoms. The summed E-state index contributed by atoms with van der Waals surface area (Å²) in [6.07, 6.45) is -0.867. The second kappa shape index (κ2) is 3.02. The molecule has 2 heterocycles. The summed E-state index contributed by atoms with van der Waals surface area (Å²) in [4.78, 5) is 11.2. The first-order valence-electron chi connectivity index (χ1n) is 4.92. The van der Waals surface area contributed by atoms with Crippen LogP contribution in [0, 0.1) is 5.92 Å². The molecule has 0 N–H and O–H groups in total. The zero-order valence-electron chi connectivity index (χ0n) is 8.94. The van der Waals surface area contributed by atoms with Crippen molar-refractivity contribution in [3.8, 4) is 0 Å². The molecular formula is C10H16O4. The Morgan fingerprint density at radius 1 is 1.29 bits per heavy atom. The van der Waals surface area contributed by atoms with Crippen LogP contribution in [0.5, 0.6) is 0 Å². The summed E-state index contributed by atoms with van der Waals surface area (Å²) < 4.78 is 16.7. The van der Waals surface area contributed by atoms with E-state index in [-0.39, 0.29) is 30.2 Å². The minimum atomic E-state index is -0.592. The van der Waals surface area contributed by atoms with Crippen LogP contribution in [0.1, 0.15) is 27.7 Å². The van der Waals surface area contributed by atoms with E-state index in [9.17, 15) is 4.79 Å². The molecule has 2 fully saturated rings. The van der Waals surface area contributed by atoms with E-state index in [1.54, 1.807) is 0 Å². The number of rotatable bonds is 1. The molecule has 2 saturated heterocycles. The molecule has 4 nitrogen and oxygen atoms in total. The van der Waals surface area contributed by atoms with Crippen molar-refractivity contribution in [2.75, 3.05) is 0 Å². The van der Waals surface area contributed by atoms with Crippen molar-refractivity contribution < 1.29 is 19.0 Å². The Bertz CT molecular complexity index is 261. The third-order valence-corrected chi connectivity index (χ3v) is 2.77. The quantitative estimate of drug-likeness (QED) is 0.635. The van der Waals surface area contributed by atoms with E-state index in [1.165, 1.54) is 6.92 Å². The Balaban J connectivity index is 2.11. The lowest BCUT2D eigenvalue weighted by molar-refractivity contribution is -0.209. The molecule has 0 aromatic carbocycles. The van der Waals surface area contributed by atoms with Crippen LogP contribution in [0.4, 0.5) is 0 Å². The summed E-state index contributed by atoms with van der Waals surface area (Å²) >= 11 is 0. The minimum Gasteiger partial charge on any atom is -0.341 e. The fourth-order valence-corrected chi connectivity index (χ4v) is 2.12. The molecule has 0 saturated carbocycles. The summed E-state index contributed by atoms with van der Waals surface area (Å²) in [7, 11) is 0. The fourth-order valence-electron chi connectivity index (χ4n) is 2.12. The van der Waals surface area contributed by atoms with E-state index in [1.807, 2.05) is 20.8 Å². The second-order valence-corrected chi connectivity index (χ2v) is 4.49. The van der Waals surface area contributed by atoms with Crippen LogP contribution in [0.15, 0.2) is 0 Å². The van der Waals surface area contributed by atoms with Crippen LogP contribution in [0.25, 0.3) is 0 Å². The Labute approximate surface area is 83.5 Å². The van der Waals surface area contributed by atoms with Crippen molar-refractivity contribution in [3.05, 3.63) is 0 Å². The third kappa shape index (κ3) is 1.47. The van der Waals surface area contributed by atoms with Crippen LogP contribution >= 0.6 is 0 Å². The summed E-state index contributed by atoms with van der Waals surface area (Å²) in [6, 6.07) is 0. The van der Waals surface area contributed by atoms with Crippen LogP contribution in [-0.2, 0) is 19.0 Å². The van der Waals surface area contributed by atoms with Gasteiger partial charge < -0.3 is 14.2 Å². The van der Waals surface area contributed by atoms with Gasteiger partial charge in [-0.05, 0) is 20.8 Å². The maximum Gasteiger partial charge on any atom is 0.188 e. The molecule has 0 radical (unpaired) electrons. The lowest BCUT2D eigenvalue weighted by Gasteiger charge is -2.22. The van der Waals surface area contributed by atoms with Crippen molar-refractivity contribution in [2.24, 2.45) is 5.92 Å². The van der Waals surface area contributed by atoms with Crippen molar-refractivity contribution in [1.82, 2.24) is 0 Å². The van der Waals surface area contributed by atoms with Crippen molar-refractivity contribution in [2.45, 2.75) is 52.0 Å². The molecule has 14 heavy (non-hydrogen) atoms. The molecule has 0 aromatic rings. The van der Waals surface area contributed by atoms with Gasteiger partial charge in [-0.1, -0.05) is 6.92 Å². The number of ether oxygens (including phenoxy) is 3. The minimum absolute atomic E-state index is 0.0388. The molecule has 0 unspecified atom stereocenters. The van der Waals surface area contributed by atoms with E-state index in [4.69, 9.17) is 14.2 Å². The van der Waals surface area contributed by atoms with Crippen molar-refractivity contribution in [3.63, 3.8) is 0 Å². The normalized spacial score (nSPS) is 45.1. The summed E-state index contributed by atoms with van der Waals surface area (Å²) in [5, 5.41) is 0. The zero-order chi connectivity index (χ0) is 10.5. The van der Waals surface area contributed by atoms with Gasteiger partial charge in [-0.15, -0.1) is 0 Å². The van der Waals surface area contributed by atoms with Gasteiger partial charge in [0.15, 0.2) is 17.9 Å². The van der Waals surface area contributed by atoms with E-state index >= 15 is 0 Å². The van der Waals surface area contributed by atoms with Gasteiger partial charge in [0.25, 0.3) is 0 Å². The van der Waals surface area contributed by atoms with Crippen LogP contribution in [-0.4, -0.2) is 30.1 Å². The predicted molar refractivity (Wildman–Crippen MR) is 48.5 cm³/mol. The summed E-state index contributed by atoms with van der Waals surface area (Å²) in [6.45, 7) is 7.20. The molecule has 2 rings (SSSR count). The number of carbonyl (C=O) groups excluding carboxylic acids is 1. The van der Waals surface area contributed by atoms with E-state index in [0.29, 0.717) is 0 Å². The van der Waals surface area contributed by atoms with E-state index in [0.717, 1.165) is 0 Å². The number of hydrogen-bond donors (Lipinski definition) is 0. The Morgan fingerprint density at radius 3 is 2.43 bits per heavy atom. The zero-order valence-corrected chi connectivity index (χ0v) is 8.94. The maximum absolute atomic E-state index is 11.2. The van der Waals surface area contributed by atoms with Gasteiger partial charge >= 0.3 is 0 Å². The molecule has 4 atom stereocenters. The molecule has 0 bridgehead atoms. The number of carbonyl (C=O) groups is 1. The average molecular weight is 200 g/mol. The average Bonchev–Trinajstić information content (AvgIpc) is 2.46. The lowest BCUT2D eigenvalue weighted by Crippen LogP contribution is -2.31. The topological polar surface area (TPSA) is 44.8 Å². The molecule has 0 aliphatic carbocycles. The van der Waals surface area contributed by atoms with E-state index in [2.05, 4.69) is 0 Å². The van der Waals surface area contributed by atoms with Crippen LogP contribution in [0.3, 0.4) is 0 Å². The first-order chi connectivity index (χ1) is 6.41. The molecule has 0 amide bonds. The highest BCUT2D eigenvalue weighted by Gasteiger charge is 2.53. The molecule has 0 aromatic heterocycles. The van der Waals surface area contributed by atoms with Gasteiger partial charge in [0.05, 0.1) is 0 Å². The summed E-state index contributed by atoms with van der Waals surface area (Å²) in [5.74, 6) is -0.484. The van der Waals surface area contributed by atoms with Crippen LogP contribution < -0.4 is 0 Å². The highest BCUT2D eigenvalue weighted by atomic mass is 16.8. The van der Waals surface area contributed by atoms with Gasteiger partial charge in [0.1, 0.15) is 12.2 Å². The highest BCUT2D eigenvalue weighted by molar-refractivity contribution is 5.81. The Morgan fingerprint density at radius 2 is 1.93 bits per heavy atom. The molecule has 4 heteroatoms. The first-order valence-corrected chi connectivity index (χ1v) is 4.92. The number of ketones is 1. The smallest absolute Gasteiger partial charge is 0.188 e. The first kappa shape index (κ1) is 10.1. The second-order valence-electron chi connectivity index (χ2n) is 4.49. The van der Waals surface area contributed by atoms with Gasteiger partial charge in [0.2, 0.25) is 0 Å². The van der Waals surface area contributed by atoms with E-state index < -0.39 is 5.79 Å². The lowest BCUT2D eigenvalue weighted by atomic mass is 9.98. The predicted octanol–water partition coefficient (Wildman–Crippen LogP) is 1.09. The van der Waals surface area contributed by atoms with Crippen molar-refractivity contribution in [1.29, 1.82) is 0 Å². The van der Waals surface area contributed by atoms with Gasteiger partial charge in [-0.3, -0.25) is 4.79 Å². The van der Waals surface area contributed by atoms with Crippen LogP contribution in [0.2, 0.25) is 0 Å². The molecule has 2 aliphatic heterocycles. The SMILES string of the molecule is CC(=O)[C@@H]1O[C@@H]2OC(C)(C)O[C@@H]2[C@H]1C. The van der Waals surface area contributed by atoms with Gasteiger partial charge in [-0.25, -0.2) is 0 Å². The third-order valence-electron chi connectivity index (χ3n) is 2.77. The fraction of sp³-hybridized carbons (Fsp3) is 0.900. The largest absolute Gasteiger partial charge is 0.341 e. The molecule has 2 aliphatic rings. The standard InChI is InChI=1S/C10H16O4/c1-5-7(6(2)11)12-9-8(5)13-10(3,4)14-9/h5,7-9H,1-4H3/t5-,7+,8+,9+/m0/s1.